The molecule has 4 rings (SSSR count). The maximum absolute atomic E-state index is 12.3. The minimum Gasteiger partial charge on any atom is -0.744 e. The summed E-state index contributed by atoms with van der Waals surface area (Å²) in [5.74, 6) is -6.27. The largest absolute Gasteiger partial charge is 2.00 e. The van der Waals surface area contributed by atoms with Crippen LogP contribution in [0.4, 0.5) is 22.7 Å². The molecule has 4 aromatic carbocycles. The van der Waals surface area contributed by atoms with Crippen molar-refractivity contribution in [3.05, 3.63) is 115 Å². The molecule has 0 atom stereocenters. The number of nitrogens with zero attached hydrogens (tertiary/aromatic N) is 2. The van der Waals surface area contributed by atoms with Gasteiger partial charge in [-0.3, -0.25) is 29.8 Å². The van der Waals surface area contributed by atoms with Crippen molar-refractivity contribution in [1.29, 1.82) is 0 Å². The molecule has 0 saturated carbocycles. The average Bonchev–Trinajstić information content (AvgIpc) is 3.09. The van der Waals surface area contributed by atoms with Gasteiger partial charge in [-0.1, -0.05) is 0 Å². The van der Waals surface area contributed by atoms with Gasteiger partial charge in [0.25, 0.3) is 23.2 Å². The van der Waals surface area contributed by atoms with Crippen LogP contribution in [0.3, 0.4) is 0 Å². The third kappa shape index (κ3) is 45.7. The molecular weight excluding hydrogens is 1490 g/mol. The van der Waals surface area contributed by atoms with Crippen molar-refractivity contribution in [3.63, 3.8) is 0 Å². The van der Waals surface area contributed by atoms with Gasteiger partial charge in [0.05, 0.1) is 41.4 Å². The number of non-ortho nitro benzene ring substituents is 2. The van der Waals surface area contributed by atoms with E-state index in [0.29, 0.717) is 60.7 Å². The molecule has 2 amide bonds. The van der Waals surface area contributed by atoms with Crippen LogP contribution in [0.1, 0.15) is 41.4 Å². The van der Waals surface area contributed by atoms with Gasteiger partial charge in [-0.25, -0.2) is 33.7 Å². The number of rotatable bonds is 12. The van der Waals surface area contributed by atoms with E-state index in [2.05, 4.69) is 0 Å². The van der Waals surface area contributed by atoms with Gasteiger partial charge in [0, 0.05) is 57.9 Å². The molecule has 484 valence electrons. The first kappa shape index (κ1) is 154. The number of aromatic carboxylic acids is 2. The van der Waals surface area contributed by atoms with E-state index in [0.717, 1.165) is 12.1 Å². The van der Waals surface area contributed by atoms with Crippen LogP contribution >= 0.6 is 0 Å². The minimum absolute atomic E-state index is 0. The summed E-state index contributed by atoms with van der Waals surface area (Å²) in [7, 11) is -20.6. The number of nitrogens with one attached hydrogen (secondary N) is 2. The summed E-state index contributed by atoms with van der Waals surface area (Å²) >= 11 is 0. The fraction of sp³-hybridized carbons (Fsp3) is 0. The number of amides is 2. The summed E-state index contributed by atoms with van der Waals surface area (Å²) in [6, 6.07) is 6.80. The normalized spacial score (nSPS) is 8.14. The van der Waals surface area contributed by atoms with E-state index in [-0.39, 0.29) is 257 Å². The van der Waals surface area contributed by atoms with Crippen LogP contribution < -0.4 is 20.8 Å². The van der Waals surface area contributed by atoms with E-state index in [9.17, 15) is 102 Å². The first-order valence-corrected chi connectivity index (χ1v) is 19.8. The Morgan fingerprint density at radius 3 is 0.663 bits per heavy atom. The molecule has 0 aliphatic heterocycles. The Morgan fingerprint density at radius 1 is 0.313 bits per heavy atom. The smallest absolute Gasteiger partial charge is 0.744 e. The van der Waals surface area contributed by atoms with Gasteiger partial charge in [0.2, 0.25) is 0 Å². The Kier molecular flexibility index (Phi) is 112. The van der Waals surface area contributed by atoms with E-state index in [1.165, 1.54) is 0 Å². The zero-order valence-electron chi connectivity index (χ0n) is 40.6. The Bertz CT molecular complexity index is 2740. The molecule has 4 aromatic rings. The third-order valence-electron chi connectivity index (χ3n) is 6.68. The van der Waals surface area contributed by atoms with Crippen LogP contribution in [-0.2, 0) is 40.5 Å². The predicted molar refractivity (Wildman–Crippen MR) is 272 cm³/mol. The molecule has 0 fully saturated rings. The predicted octanol–water partition coefficient (Wildman–Crippen LogP) is -21.2. The number of nitro benzene ring substituents is 2. The molecule has 0 bridgehead atoms. The summed E-state index contributed by atoms with van der Waals surface area (Å²) in [5, 5.41) is 47.6. The Hall–Kier alpha value is -3.24. The van der Waals surface area contributed by atoms with E-state index in [4.69, 9.17) is 0 Å². The van der Waals surface area contributed by atoms with E-state index >= 15 is 0 Å². The molecule has 0 aromatic heterocycles. The van der Waals surface area contributed by atoms with E-state index < -0.39 is 139 Å². The number of anilines is 2. The number of benzene rings is 4. The molecule has 48 nitrogen and oxygen atoms in total. The van der Waals surface area contributed by atoms with Gasteiger partial charge in [-0.15, -0.1) is 0 Å². The molecule has 0 saturated heterocycles. The van der Waals surface area contributed by atoms with Crippen molar-refractivity contribution in [2.45, 2.75) is 19.6 Å². The van der Waals surface area contributed by atoms with Gasteiger partial charge in [0.15, 0.2) is 0 Å². The quantitative estimate of drug-likeness (QED) is 0.0575. The second-order valence-corrected chi connectivity index (χ2v) is 16.3. The number of hydrogen-bond acceptors (Lipinski definition) is 22. The van der Waals surface area contributed by atoms with Crippen molar-refractivity contribution in [2.75, 3.05) is 10.6 Å². The molecule has 0 spiro atoms. The monoisotopic (exact) mass is 1550 g/mol. The third-order valence-corrected chi connectivity index (χ3v) is 9.94. The number of carboxylic acids is 2. The molecule has 0 unspecified atom stereocenters. The van der Waals surface area contributed by atoms with E-state index in [1.54, 1.807) is 0 Å². The molecule has 0 heterocycles. The SMILES string of the molecule is O.O.O.O.O.O.O.O.O.O.O.O.O.O.O.O.O.O.O.O.O.O.O=C([O-])c1cc(NC(=O)c2cc([N+](=O)[O-])cc(S(=O)(=O)[O-])c2)cc(S(=O)(=O)[O-])c1.O=C([O-])c1cc(NC(=O)c2cc([N+](=O)[O-])cc(S(=O)(=O)[O-])c2)cc(S(=O)(=O)[O-])c1.[Sr+2].[Sr+2].[Sr+2]. The van der Waals surface area contributed by atoms with E-state index in [1.807, 2.05) is 10.6 Å². The number of hydrogen-bond donors (Lipinski definition) is 2. The molecule has 0 aliphatic rings. The Morgan fingerprint density at radius 2 is 0.494 bits per heavy atom. The van der Waals surface area contributed by atoms with Gasteiger partial charge < -0.3 is 169 Å². The Labute approximate surface area is 573 Å². The molecular formula is C28H58N4O44S4Sr3. The van der Waals surface area contributed by atoms with Crippen LogP contribution in [0.2, 0.25) is 0 Å². The van der Waals surface area contributed by atoms with Crippen LogP contribution in [0.5, 0.6) is 0 Å². The van der Waals surface area contributed by atoms with Crippen molar-refractivity contribution in [2.24, 2.45) is 0 Å². The maximum atomic E-state index is 12.3. The second kappa shape index (κ2) is 60.4. The number of carboxylic acid groups (broad SMARTS) is 2. The summed E-state index contributed by atoms with van der Waals surface area (Å²) < 4.78 is 134. The summed E-state index contributed by atoms with van der Waals surface area (Å²) in [5.41, 5.74) is -5.78. The fourth-order valence-electron chi connectivity index (χ4n) is 4.20. The summed E-state index contributed by atoms with van der Waals surface area (Å²) in [6.45, 7) is 0. The number of carbonyl (C=O) groups excluding carboxylic acids is 4. The summed E-state index contributed by atoms with van der Waals surface area (Å²) in [6.07, 6.45) is 0. The molecule has 0 radical (unpaired) electrons. The first-order valence-electron chi connectivity index (χ1n) is 14.1. The maximum Gasteiger partial charge on any atom is 2.00 e. The van der Waals surface area contributed by atoms with Crippen LogP contribution in [0.25, 0.3) is 0 Å². The molecule has 55 heteroatoms. The standard InChI is InChI=1S/2C14H10N2O11S2.22H2O.3Sr/c2*17-13(7-2-10(16(20)21)6-12(3-7)29(25,26)27)15-9-1-8(14(18)19)4-11(5-9)28(22,23)24;;;;;;;;;;;;;;;;;;;;;;;;;/h2*1-6H,(H,15,17)(H,18,19)(H,22,23,24)(H,25,26,27);22*1H2;;;/q;;;;;;;;;;;;;;;;;;;;;;;;3*+2/p-6. The number of carbonyl (C=O) groups is 4. The summed E-state index contributed by atoms with van der Waals surface area (Å²) in [4.78, 5) is 62.0. The second-order valence-electron chi connectivity index (χ2n) is 10.7. The molecule has 83 heavy (non-hydrogen) atoms. The zero-order chi connectivity index (χ0) is 44.3. The Balaban J connectivity index is -0.0000000317. The fourth-order valence-corrected chi connectivity index (χ4v) is 6.36. The van der Waals surface area contributed by atoms with Crippen molar-refractivity contribution in [1.82, 2.24) is 0 Å². The topological polar surface area (TPSA) is 1150 Å². The minimum atomic E-state index is -5.17. The van der Waals surface area contributed by atoms with Crippen molar-refractivity contribution >= 4 is 223 Å². The first-order chi connectivity index (χ1) is 26.4. The van der Waals surface area contributed by atoms with Crippen LogP contribution in [-0.4, -0.2) is 342 Å². The van der Waals surface area contributed by atoms with Gasteiger partial charge in [0.1, 0.15) is 40.5 Å². The van der Waals surface area contributed by atoms with Gasteiger partial charge in [-0.05, 0) is 48.5 Å². The van der Waals surface area contributed by atoms with Gasteiger partial charge in [-0.2, -0.15) is 0 Å². The van der Waals surface area contributed by atoms with Gasteiger partial charge >= 0.3 is 136 Å². The van der Waals surface area contributed by atoms with Crippen molar-refractivity contribution < 1.29 is 212 Å². The number of nitro groups is 2. The molecule has 46 N–H and O–H groups in total. The van der Waals surface area contributed by atoms with Crippen molar-refractivity contribution in [3.8, 4) is 0 Å². The van der Waals surface area contributed by atoms with Crippen LogP contribution in [0.15, 0.2) is 92.4 Å². The average molecular weight is 1550 g/mol. The zero-order valence-corrected chi connectivity index (χ0v) is 54.3. The van der Waals surface area contributed by atoms with Crippen LogP contribution in [0, 0.1) is 20.2 Å². The molecule has 0 aliphatic carbocycles.